The molecule has 0 atom stereocenters. The highest BCUT2D eigenvalue weighted by Crippen LogP contribution is 2.19. The molecule has 0 radical (unpaired) electrons. The van der Waals surface area contributed by atoms with Crippen molar-refractivity contribution in [2.24, 2.45) is 7.05 Å². The summed E-state index contributed by atoms with van der Waals surface area (Å²) in [5.74, 6) is 0.779. The number of hydrogen-bond acceptors (Lipinski definition) is 5. The SMILES string of the molecule is Cn1nc(-c2nc(Cc3ccccc3Cl)no2)ccc1=O. The monoisotopic (exact) mass is 302 g/mol. The smallest absolute Gasteiger partial charge is 0.278 e. The molecule has 0 amide bonds. The van der Waals surface area contributed by atoms with Gasteiger partial charge in [-0.25, -0.2) is 4.68 Å². The maximum Gasteiger partial charge on any atom is 0.278 e. The number of nitrogens with zero attached hydrogens (tertiary/aromatic N) is 4. The van der Waals surface area contributed by atoms with E-state index in [9.17, 15) is 4.79 Å². The van der Waals surface area contributed by atoms with Crippen molar-refractivity contribution in [2.75, 3.05) is 0 Å². The van der Waals surface area contributed by atoms with E-state index in [1.54, 1.807) is 13.1 Å². The third-order valence-electron chi connectivity index (χ3n) is 2.95. The van der Waals surface area contributed by atoms with Crippen LogP contribution >= 0.6 is 11.6 Å². The number of halogens is 1. The van der Waals surface area contributed by atoms with E-state index in [0.717, 1.165) is 5.56 Å². The van der Waals surface area contributed by atoms with E-state index in [1.807, 2.05) is 24.3 Å². The van der Waals surface area contributed by atoms with Crippen molar-refractivity contribution in [1.29, 1.82) is 0 Å². The lowest BCUT2D eigenvalue weighted by atomic mass is 10.1. The van der Waals surface area contributed by atoms with E-state index in [1.165, 1.54) is 10.7 Å². The Labute approximate surface area is 125 Å². The second-order valence-electron chi connectivity index (χ2n) is 4.46. The van der Waals surface area contributed by atoms with Crippen LogP contribution < -0.4 is 5.56 Å². The highest BCUT2D eigenvalue weighted by molar-refractivity contribution is 6.31. The van der Waals surface area contributed by atoms with Crippen molar-refractivity contribution < 1.29 is 4.52 Å². The van der Waals surface area contributed by atoms with Crippen LogP contribution in [0.2, 0.25) is 5.02 Å². The van der Waals surface area contributed by atoms with Gasteiger partial charge in [0, 0.05) is 24.6 Å². The first-order chi connectivity index (χ1) is 10.1. The molecular formula is C14H11ClN4O2. The maximum absolute atomic E-state index is 11.3. The third kappa shape index (κ3) is 2.85. The van der Waals surface area contributed by atoms with Gasteiger partial charge in [-0.05, 0) is 17.7 Å². The molecule has 1 aromatic carbocycles. The zero-order chi connectivity index (χ0) is 14.8. The van der Waals surface area contributed by atoms with E-state index in [2.05, 4.69) is 15.2 Å². The molecule has 106 valence electrons. The average molecular weight is 303 g/mol. The molecule has 3 aromatic rings. The summed E-state index contributed by atoms with van der Waals surface area (Å²) in [6.45, 7) is 0. The molecule has 6 nitrogen and oxygen atoms in total. The Balaban J connectivity index is 1.88. The van der Waals surface area contributed by atoms with Gasteiger partial charge in [0.05, 0.1) is 0 Å². The molecule has 0 N–H and O–H groups in total. The van der Waals surface area contributed by atoms with E-state index in [4.69, 9.17) is 16.1 Å². The lowest BCUT2D eigenvalue weighted by Gasteiger charge is -1.99. The van der Waals surface area contributed by atoms with Gasteiger partial charge in [-0.2, -0.15) is 10.1 Å². The third-order valence-corrected chi connectivity index (χ3v) is 3.32. The van der Waals surface area contributed by atoms with Crippen LogP contribution in [0.3, 0.4) is 0 Å². The second-order valence-corrected chi connectivity index (χ2v) is 4.87. The first-order valence-corrected chi connectivity index (χ1v) is 6.62. The molecule has 2 aromatic heterocycles. The lowest BCUT2D eigenvalue weighted by molar-refractivity contribution is 0.421. The number of rotatable bonds is 3. The summed E-state index contributed by atoms with van der Waals surface area (Å²) in [6.07, 6.45) is 0.467. The normalized spacial score (nSPS) is 10.8. The number of aryl methyl sites for hydroxylation is 1. The molecule has 0 unspecified atom stereocenters. The Morgan fingerprint density at radius 3 is 2.81 bits per heavy atom. The summed E-state index contributed by atoms with van der Waals surface area (Å²) in [5, 5.41) is 8.63. The molecule has 21 heavy (non-hydrogen) atoms. The Kier molecular flexibility index (Phi) is 3.53. The fraction of sp³-hybridized carbons (Fsp3) is 0.143. The second kappa shape index (κ2) is 5.49. The Morgan fingerprint density at radius 2 is 2.05 bits per heavy atom. The largest absolute Gasteiger partial charge is 0.332 e. The minimum Gasteiger partial charge on any atom is -0.332 e. The molecule has 0 aliphatic heterocycles. The Bertz CT molecular complexity index is 841. The lowest BCUT2D eigenvalue weighted by Crippen LogP contribution is -2.18. The predicted molar refractivity (Wildman–Crippen MR) is 77.0 cm³/mol. The Morgan fingerprint density at radius 1 is 1.24 bits per heavy atom. The molecule has 2 heterocycles. The van der Waals surface area contributed by atoms with E-state index < -0.39 is 0 Å². The molecule has 0 fully saturated rings. The van der Waals surface area contributed by atoms with Gasteiger partial charge < -0.3 is 4.52 Å². The van der Waals surface area contributed by atoms with Crippen molar-refractivity contribution in [3.63, 3.8) is 0 Å². The van der Waals surface area contributed by atoms with Crippen molar-refractivity contribution in [1.82, 2.24) is 19.9 Å². The zero-order valence-corrected chi connectivity index (χ0v) is 11.9. The fourth-order valence-corrected chi connectivity index (χ4v) is 2.06. The van der Waals surface area contributed by atoms with Gasteiger partial charge in [-0.3, -0.25) is 4.79 Å². The van der Waals surface area contributed by atoms with Gasteiger partial charge in [0.1, 0.15) is 5.69 Å². The summed E-state index contributed by atoms with van der Waals surface area (Å²) >= 11 is 6.10. The van der Waals surface area contributed by atoms with Crippen LogP contribution in [0.25, 0.3) is 11.6 Å². The van der Waals surface area contributed by atoms with Gasteiger partial charge in [-0.1, -0.05) is 35.0 Å². The van der Waals surface area contributed by atoms with E-state index >= 15 is 0 Å². The first-order valence-electron chi connectivity index (χ1n) is 6.24. The van der Waals surface area contributed by atoms with Crippen LogP contribution in [-0.2, 0) is 13.5 Å². The summed E-state index contributed by atoms with van der Waals surface area (Å²) in [5.41, 5.74) is 1.17. The molecule has 3 rings (SSSR count). The molecule has 7 heteroatoms. The summed E-state index contributed by atoms with van der Waals surface area (Å²) < 4.78 is 6.39. The molecule has 0 saturated heterocycles. The number of hydrogen-bond donors (Lipinski definition) is 0. The predicted octanol–water partition coefficient (Wildman–Crippen LogP) is 2.07. The maximum atomic E-state index is 11.3. The fourth-order valence-electron chi connectivity index (χ4n) is 1.86. The van der Waals surface area contributed by atoms with Crippen LogP contribution in [0.15, 0.2) is 45.7 Å². The van der Waals surface area contributed by atoms with Gasteiger partial charge in [0.25, 0.3) is 11.4 Å². The van der Waals surface area contributed by atoms with Crippen molar-refractivity contribution in [3.8, 4) is 11.6 Å². The van der Waals surface area contributed by atoms with Crippen LogP contribution in [0.1, 0.15) is 11.4 Å². The molecule has 0 aliphatic rings. The van der Waals surface area contributed by atoms with Crippen molar-refractivity contribution in [2.45, 2.75) is 6.42 Å². The van der Waals surface area contributed by atoms with Gasteiger partial charge in [0.15, 0.2) is 5.82 Å². The summed E-state index contributed by atoms with van der Waals surface area (Å²) in [7, 11) is 1.56. The van der Waals surface area contributed by atoms with E-state index in [0.29, 0.717) is 23.0 Å². The minimum absolute atomic E-state index is 0.199. The topological polar surface area (TPSA) is 73.8 Å². The summed E-state index contributed by atoms with van der Waals surface area (Å²) in [6, 6.07) is 10.4. The highest BCUT2D eigenvalue weighted by atomic mass is 35.5. The zero-order valence-electron chi connectivity index (χ0n) is 11.2. The van der Waals surface area contributed by atoms with Gasteiger partial charge in [-0.15, -0.1) is 0 Å². The Hall–Kier alpha value is -2.47. The molecule has 0 saturated carbocycles. The van der Waals surface area contributed by atoms with Gasteiger partial charge >= 0.3 is 0 Å². The van der Waals surface area contributed by atoms with Crippen LogP contribution in [0.5, 0.6) is 0 Å². The molecular weight excluding hydrogens is 292 g/mol. The average Bonchev–Trinajstić information content (AvgIpc) is 2.93. The van der Waals surface area contributed by atoms with E-state index in [-0.39, 0.29) is 11.4 Å². The number of aromatic nitrogens is 4. The molecule has 0 spiro atoms. The van der Waals surface area contributed by atoms with Crippen LogP contribution in [0, 0.1) is 0 Å². The van der Waals surface area contributed by atoms with Crippen molar-refractivity contribution >= 4 is 11.6 Å². The standard InChI is InChI=1S/C14H11ClN4O2/c1-19-13(20)7-6-11(17-19)14-16-12(18-21-14)8-9-4-2-3-5-10(9)15/h2-7H,8H2,1H3. The highest BCUT2D eigenvalue weighted by Gasteiger charge is 2.12. The number of benzene rings is 1. The summed E-state index contributed by atoms with van der Waals surface area (Å²) in [4.78, 5) is 15.6. The van der Waals surface area contributed by atoms with Crippen LogP contribution in [-0.4, -0.2) is 19.9 Å². The van der Waals surface area contributed by atoms with Crippen molar-refractivity contribution in [3.05, 3.63) is 63.2 Å². The molecule has 0 aliphatic carbocycles. The quantitative estimate of drug-likeness (QED) is 0.740. The molecule has 0 bridgehead atoms. The van der Waals surface area contributed by atoms with Crippen LogP contribution in [0.4, 0.5) is 0 Å². The first kappa shape index (κ1) is 13.5. The van der Waals surface area contributed by atoms with Gasteiger partial charge in [0.2, 0.25) is 0 Å². The minimum atomic E-state index is -0.199.